The first-order chi connectivity index (χ1) is 8.69. The number of ether oxygens (including phenoxy) is 1. The average molecular weight is 266 g/mol. The normalized spacial score (nSPS) is 31.2. The summed E-state index contributed by atoms with van der Waals surface area (Å²) in [5.41, 5.74) is -0.112. The quantitative estimate of drug-likeness (QED) is 0.828. The smallest absolute Gasteiger partial charge is 0.106 e. The van der Waals surface area contributed by atoms with Crippen LogP contribution in [0.25, 0.3) is 0 Å². The van der Waals surface area contributed by atoms with Gasteiger partial charge in [0.1, 0.15) is 5.54 Å². The molecule has 1 aliphatic carbocycles. The molecule has 0 heterocycles. The van der Waals surface area contributed by atoms with Crippen molar-refractivity contribution in [2.45, 2.75) is 78.0 Å². The van der Waals surface area contributed by atoms with Gasteiger partial charge in [-0.1, -0.05) is 20.8 Å². The molecule has 0 aromatic heterocycles. The van der Waals surface area contributed by atoms with E-state index in [9.17, 15) is 5.26 Å². The summed E-state index contributed by atoms with van der Waals surface area (Å²) in [5.74, 6) is 0.729. The molecule has 0 aromatic carbocycles. The second kappa shape index (κ2) is 6.24. The fraction of sp³-hybridized carbons (Fsp3) is 0.938. The Hall–Kier alpha value is -0.590. The lowest BCUT2D eigenvalue weighted by Gasteiger charge is -2.40. The van der Waals surface area contributed by atoms with Crippen LogP contribution >= 0.6 is 0 Å². The molecule has 3 heteroatoms. The van der Waals surface area contributed by atoms with E-state index in [1.807, 2.05) is 14.0 Å². The molecule has 0 saturated heterocycles. The molecule has 110 valence electrons. The Morgan fingerprint density at radius 3 is 2.58 bits per heavy atom. The first kappa shape index (κ1) is 16.5. The van der Waals surface area contributed by atoms with Gasteiger partial charge in [-0.05, 0) is 51.5 Å². The van der Waals surface area contributed by atoms with Crippen LogP contribution in [0.15, 0.2) is 0 Å². The molecule has 1 fully saturated rings. The van der Waals surface area contributed by atoms with Crippen LogP contribution in [-0.4, -0.2) is 24.8 Å². The molecule has 0 amide bonds. The second-order valence-corrected chi connectivity index (χ2v) is 7.38. The summed E-state index contributed by atoms with van der Waals surface area (Å²) in [4.78, 5) is 0. The van der Waals surface area contributed by atoms with E-state index in [0.29, 0.717) is 11.5 Å². The highest BCUT2D eigenvalue weighted by molar-refractivity contribution is 5.03. The van der Waals surface area contributed by atoms with Crippen LogP contribution in [-0.2, 0) is 4.74 Å². The van der Waals surface area contributed by atoms with E-state index in [4.69, 9.17) is 4.74 Å². The maximum absolute atomic E-state index is 9.20. The van der Waals surface area contributed by atoms with E-state index in [0.717, 1.165) is 25.2 Å². The number of hydrogen-bond acceptors (Lipinski definition) is 3. The molecular formula is C16H30N2O. The van der Waals surface area contributed by atoms with E-state index in [1.54, 1.807) is 0 Å². The third kappa shape index (κ3) is 5.12. The zero-order valence-corrected chi connectivity index (χ0v) is 13.4. The van der Waals surface area contributed by atoms with Gasteiger partial charge in [0.05, 0.1) is 18.3 Å². The number of nitrogens with one attached hydrogen (secondary N) is 1. The first-order valence-electron chi connectivity index (χ1n) is 7.45. The van der Waals surface area contributed by atoms with Gasteiger partial charge in [0.25, 0.3) is 0 Å². The van der Waals surface area contributed by atoms with Crippen molar-refractivity contribution in [3.63, 3.8) is 0 Å². The number of hydrogen-bond donors (Lipinski definition) is 1. The standard InChI is InChI=1S/C16H30N2O/c1-12-7-14(10-15(3,4)8-12)19-13(2)9-16(5,11-17)18-6/h12-14,18H,7-10H2,1-6H3. The van der Waals surface area contributed by atoms with Crippen molar-refractivity contribution in [1.29, 1.82) is 5.26 Å². The monoisotopic (exact) mass is 266 g/mol. The Bertz CT molecular complexity index is 334. The summed E-state index contributed by atoms with van der Waals surface area (Å²) < 4.78 is 6.21. The summed E-state index contributed by atoms with van der Waals surface area (Å²) in [7, 11) is 1.84. The Balaban J connectivity index is 2.53. The van der Waals surface area contributed by atoms with E-state index < -0.39 is 5.54 Å². The third-order valence-corrected chi connectivity index (χ3v) is 4.27. The number of nitrogens with zero attached hydrogens (tertiary/aromatic N) is 1. The zero-order valence-electron chi connectivity index (χ0n) is 13.4. The molecule has 0 spiro atoms. The van der Waals surface area contributed by atoms with E-state index >= 15 is 0 Å². The van der Waals surface area contributed by atoms with Crippen molar-refractivity contribution in [1.82, 2.24) is 5.32 Å². The Labute approximate surface area is 118 Å². The molecule has 19 heavy (non-hydrogen) atoms. The minimum absolute atomic E-state index is 0.114. The van der Waals surface area contributed by atoms with Gasteiger partial charge in [0.15, 0.2) is 0 Å². The first-order valence-corrected chi connectivity index (χ1v) is 7.45. The fourth-order valence-electron chi connectivity index (χ4n) is 3.52. The van der Waals surface area contributed by atoms with Crippen LogP contribution in [0.3, 0.4) is 0 Å². The van der Waals surface area contributed by atoms with Crippen LogP contribution in [0.4, 0.5) is 0 Å². The molecule has 1 N–H and O–H groups in total. The molecule has 0 aliphatic heterocycles. The van der Waals surface area contributed by atoms with Crippen molar-refractivity contribution in [2.24, 2.45) is 11.3 Å². The summed E-state index contributed by atoms with van der Waals surface area (Å²) in [6.07, 6.45) is 4.75. The Morgan fingerprint density at radius 1 is 1.47 bits per heavy atom. The second-order valence-electron chi connectivity index (χ2n) is 7.38. The molecule has 4 unspecified atom stereocenters. The van der Waals surface area contributed by atoms with Crippen molar-refractivity contribution in [3.05, 3.63) is 0 Å². The Kier molecular flexibility index (Phi) is 5.41. The molecule has 4 atom stereocenters. The molecule has 0 bridgehead atoms. The lowest BCUT2D eigenvalue weighted by Crippen LogP contribution is -2.43. The van der Waals surface area contributed by atoms with Gasteiger partial charge in [-0.2, -0.15) is 5.26 Å². The fourth-order valence-corrected chi connectivity index (χ4v) is 3.52. The minimum atomic E-state index is -0.491. The lowest BCUT2D eigenvalue weighted by molar-refractivity contribution is -0.0654. The van der Waals surface area contributed by atoms with Gasteiger partial charge in [-0.15, -0.1) is 0 Å². The van der Waals surface area contributed by atoms with Gasteiger partial charge in [-0.25, -0.2) is 0 Å². The van der Waals surface area contributed by atoms with Gasteiger partial charge < -0.3 is 10.1 Å². The molecule has 1 aliphatic rings. The molecule has 0 radical (unpaired) electrons. The highest BCUT2D eigenvalue weighted by atomic mass is 16.5. The van der Waals surface area contributed by atoms with Crippen LogP contribution in [0.1, 0.15) is 60.3 Å². The van der Waals surface area contributed by atoms with Crippen molar-refractivity contribution in [2.75, 3.05) is 7.05 Å². The summed E-state index contributed by atoms with van der Waals surface area (Å²) in [6, 6.07) is 2.33. The van der Waals surface area contributed by atoms with Gasteiger partial charge in [0.2, 0.25) is 0 Å². The van der Waals surface area contributed by atoms with Crippen LogP contribution in [0.2, 0.25) is 0 Å². The SMILES string of the molecule is CNC(C)(C#N)CC(C)OC1CC(C)CC(C)(C)C1. The summed E-state index contributed by atoms with van der Waals surface area (Å²) in [5, 5.41) is 12.3. The van der Waals surface area contributed by atoms with Gasteiger partial charge in [0, 0.05) is 6.42 Å². The number of nitriles is 1. The van der Waals surface area contributed by atoms with Crippen molar-refractivity contribution in [3.8, 4) is 6.07 Å². The third-order valence-electron chi connectivity index (χ3n) is 4.27. The predicted molar refractivity (Wildman–Crippen MR) is 78.8 cm³/mol. The Morgan fingerprint density at radius 2 is 2.11 bits per heavy atom. The van der Waals surface area contributed by atoms with E-state index in [2.05, 4.69) is 39.1 Å². The predicted octanol–water partition coefficient (Wildman–Crippen LogP) is 3.50. The van der Waals surface area contributed by atoms with Crippen LogP contribution in [0, 0.1) is 22.7 Å². The molecular weight excluding hydrogens is 236 g/mol. The molecule has 3 nitrogen and oxygen atoms in total. The summed E-state index contributed by atoms with van der Waals surface area (Å²) in [6.45, 7) is 11.0. The highest BCUT2D eigenvalue weighted by Crippen LogP contribution is 2.40. The molecule has 1 rings (SSSR count). The molecule has 1 saturated carbocycles. The maximum atomic E-state index is 9.20. The average Bonchev–Trinajstić information content (AvgIpc) is 2.25. The summed E-state index contributed by atoms with van der Waals surface area (Å²) >= 11 is 0. The topological polar surface area (TPSA) is 45.0 Å². The van der Waals surface area contributed by atoms with Gasteiger partial charge in [-0.3, -0.25) is 0 Å². The lowest BCUT2D eigenvalue weighted by atomic mass is 9.71. The number of rotatable bonds is 5. The van der Waals surface area contributed by atoms with E-state index in [-0.39, 0.29) is 6.10 Å². The van der Waals surface area contributed by atoms with Crippen molar-refractivity contribution >= 4 is 0 Å². The van der Waals surface area contributed by atoms with Crippen LogP contribution in [0.5, 0.6) is 0 Å². The highest BCUT2D eigenvalue weighted by Gasteiger charge is 2.34. The minimum Gasteiger partial charge on any atom is -0.375 e. The maximum Gasteiger partial charge on any atom is 0.106 e. The van der Waals surface area contributed by atoms with Crippen molar-refractivity contribution < 1.29 is 4.74 Å². The van der Waals surface area contributed by atoms with E-state index in [1.165, 1.54) is 6.42 Å². The van der Waals surface area contributed by atoms with Gasteiger partial charge >= 0.3 is 0 Å². The molecule has 0 aromatic rings. The van der Waals surface area contributed by atoms with Crippen LogP contribution < -0.4 is 5.32 Å². The largest absolute Gasteiger partial charge is 0.375 e. The zero-order chi connectivity index (χ0) is 14.7.